The van der Waals surface area contributed by atoms with Crippen molar-refractivity contribution in [3.05, 3.63) is 12.3 Å². The molecule has 0 aliphatic carbocycles. The van der Waals surface area contributed by atoms with E-state index in [1.54, 1.807) is 21.6 Å². The van der Waals surface area contributed by atoms with Crippen molar-refractivity contribution in [1.29, 1.82) is 0 Å². The Labute approximate surface area is 185 Å². The van der Waals surface area contributed by atoms with Crippen molar-refractivity contribution in [1.82, 2.24) is 10.6 Å². The quantitative estimate of drug-likeness (QED) is 0.197. The summed E-state index contributed by atoms with van der Waals surface area (Å²) in [5.74, 6) is 0.591. The summed E-state index contributed by atoms with van der Waals surface area (Å²) in [5.41, 5.74) is -0.371. The lowest BCUT2D eigenvalue weighted by atomic mass is 9.89. The Morgan fingerprint density at radius 2 is 2.07 bits per heavy atom. The highest BCUT2D eigenvalue weighted by Gasteiger charge is 2.27. The van der Waals surface area contributed by atoms with Crippen LogP contribution in [0.4, 0.5) is 4.79 Å². The molecule has 1 aliphatic heterocycles. The van der Waals surface area contributed by atoms with E-state index in [9.17, 15) is 19.8 Å². The molecule has 1 aliphatic rings. The lowest BCUT2D eigenvalue weighted by Crippen LogP contribution is -2.39. The number of aliphatic hydroxyl groups excluding tert-OH is 2. The lowest BCUT2D eigenvalue weighted by Gasteiger charge is -2.30. The van der Waals surface area contributed by atoms with Crippen molar-refractivity contribution < 1.29 is 29.3 Å². The molecule has 4 N–H and O–H groups in total. The molecule has 2 unspecified atom stereocenters. The number of nitrogens with zero attached hydrogens (tertiary/aromatic N) is 1. The molecule has 0 aromatic rings. The van der Waals surface area contributed by atoms with Gasteiger partial charge in [0.15, 0.2) is 6.29 Å². The number of nitrogens with one attached hydrogen (secondary N) is 2. The highest BCUT2D eigenvalue weighted by atomic mass is 33.1. The maximum atomic E-state index is 11.8. The van der Waals surface area contributed by atoms with E-state index >= 15 is 0 Å². The normalized spacial score (nSPS) is 15.8. The zero-order chi connectivity index (χ0) is 22.4. The zero-order valence-electron chi connectivity index (χ0n) is 17.8. The van der Waals surface area contributed by atoms with E-state index in [4.69, 9.17) is 9.47 Å². The van der Waals surface area contributed by atoms with E-state index in [1.807, 2.05) is 33.0 Å². The first kappa shape index (κ1) is 26.8. The molecular formula is C19H33N3O6S2. The van der Waals surface area contributed by atoms with Gasteiger partial charge in [-0.2, -0.15) is 0 Å². The third-order valence-corrected chi connectivity index (χ3v) is 6.36. The van der Waals surface area contributed by atoms with Crippen LogP contribution in [0.15, 0.2) is 17.3 Å². The van der Waals surface area contributed by atoms with Gasteiger partial charge in [0, 0.05) is 37.9 Å². The topological polar surface area (TPSA) is 129 Å². The van der Waals surface area contributed by atoms with E-state index in [1.165, 1.54) is 0 Å². The molecule has 2 amide bonds. The van der Waals surface area contributed by atoms with Gasteiger partial charge in [-0.1, -0.05) is 37.6 Å². The Kier molecular flexibility index (Phi) is 13.1. The number of aliphatic hydroxyl groups is 2. The van der Waals surface area contributed by atoms with Crippen LogP contribution < -0.4 is 10.6 Å². The zero-order valence-corrected chi connectivity index (χ0v) is 19.4. The monoisotopic (exact) mass is 463 g/mol. The molecule has 0 saturated carbocycles. The fourth-order valence-corrected chi connectivity index (χ4v) is 4.20. The second-order valence-corrected chi connectivity index (χ2v) is 10.1. The van der Waals surface area contributed by atoms with Gasteiger partial charge in [-0.3, -0.25) is 9.79 Å². The van der Waals surface area contributed by atoms with Gasteiger partial charge in [0.05, 0.1) is 17.8 Å². The van der Waals surface area contributed by atoms with Crippen LogP contribution in [0.1, 0.15) is 40.0 Å². The van der Waals surface area contributed by atoms with E-state index in [0.717, 1.165) is 23.6 Å². The van der Waals surface area contributed by atoms with Gasteiger partial charge in [-0.05, 0) is 22.6 Å². The Bertz CT molecular complexity index is 595. The van der Waals surface area contributed by atoms with Crippen LogP contribution in [0.2, 0.25) is 0 Å². The third-order valence-electron chi connectivity index (χ3n) is 3.94. The SMILES string of the molecule is CC(C)(C)C(CO)OC(O)COC(=O)NCCC(=O)NCCSSC1=NC=CCC1. The van der Waals surface area contributed by atoms with E-state index in [0.29, 0.717) is 6.54 Å². The summed E-state index contributed by atoms with van der Waals surface area (Å²) < 4.78 is 10.1. The number of aliphatic imine (C=N–C) groups is 1. The van der Waals surface area contributed by atoms with Crippen molar-refractivity contribution in [3.8, 4) is 0 Å². The molecule has 0 radical (unpaired) electrons. The van der Waals surface area contributed by atoms with Crippen molar-refractivity contribution in [2.75, 3.05) is 32.1 Å². The summed E-state index contributed by atoms with van der Waals surface area (Å²) >= 11 is 0. The van der Waals surface area contributed by atoms with Gasteiger partial charge in [0.2, 0.25) is 5.91 Å². The van der Waals surface area contributed by atoms with Gasteiger partial charge in [-0.25, -0.2) is 4.79 Å². The number of allylic oxidation sites excluding steroid dienone is 1. The van der Waals surface area contributed by atoms with Crippen molar-refractivity contribution in [3.63, 3.8) is 0 Å². The minimum absolute atomic E-state index is 0.119. The Hall–Kier alpha value is -1.27. The van der Waals surface area contributed by atoms with E-state index in [2.05, 4.69) is 15.6 Å². The predicted molar refractivity (Wildman–Crippen MR) is 120 cm³/mol. The van der Waals surface area contributed by atoms with Crippen molar-refractivity contribution in [2.24, 2.45) is 10.4 Å². The Morgan fingerprint density at radius 1 is 1.30 bits per heavy atom. The van der Waals surface area contributed by atoms with Crippen LogP contribution in [0.5, 0.6) is 0 Å². The molecule has 0 fully saturated rings. The molecule has 11 heteroatoms. The standard InChI is InChI=1S/C19H33N3O6S2/c1-19(2,3)14(12-23)28-17(25)13-27-18(26)22-9-7-15(24)20-10-11-29-30-16-6-4-5-8-21-16/h5,8,14,17,23,25H,4,6-7,9-13H2,1-3H3,(H,20,24)(H,22,26). The third kappa shape index (κ3) is 12.4. The van der Waals surface area contributed by atoms with Crippen LogP contribution in [0.25, 0.3) is 0 Å². The van der Waals surface area contributed by atoms with Crippen LogP contribution in [-0.2, 0) is 14.3 Å². The first-order chi connectivity index (χ1) is 14.2. The van der Waals surface area contributed by atoms with Gasteiger partial charge in [-0.15, -0.1) is 0 Å². The average Bonchev–Trinajstić information content (AvgIpc) is 2.70. The highest BCUT2D eigenvalue weighted by Crippen LogP contribution is 2.26. The number of amides is 2. The van der Waals surface area contributed by atoms with Gasteiger partial charge >= 0.3 is 6.09 Å². The number of alkyl carbamates (subject to hydrolysis) is 1. The summed E-state index contributed by atoms with van der Waals surface area (Å²) in [6, 6.07) is 0. The van der Waals surface area contributed by atoms with Crippen molar-refractivity contribution >= 4 is 38.6 Å². The maximum Gasteiger partial charge on any atom is 0.407 e. The first-order valence-corrected chi connectivity index (χ1v) is 12.2. The molecule has 0 bridgehead atoms. The summed E-state index contributed by atoms with van der Waals surface area (Å²) in [4.78, 5) is 27.7. The summed E-state index contributed by atoms with van der Waals surface area (Å²) in [7, 11) is 3.27. The summed E-state index contributed by atoms with van der Waals surface area (Å²) in [6.45, 7) is 5.60. The number of carbonyl (C=O) groups excluding carboxylic acids is 2. The minimum Gasteiger partial charge on any atom is -0.444 e. The number of rotatable bonds is 12. The van der Waals surface area contributed by atoms with E-state index < -0.39 is 18.5 Å². The molecule has 2 atom stereocenters. The molecule has 0 aromatic heterocycles. The van der Waals surface area contributed by atoms with Crippen LogP contribution in [0.3, 0.4) is 0 Å². The largest absolute Gasteiger partial charge is 0.444 e. The van der Waals surface area contributed by atoms with Gasteiger partial charge in [0.25, 0.3) is 0 Å². The lowest BCUT2D eigenvalue weighted by molar-refractivity contribution is -0.189. The number of ether oxygens (including phenoxy) is 2. The average molecular weight is 464 g/mol. The molecule has 0 spiro atoms. The smallest absolute Gasteiger partial charge is 0.407 e. The molecule has 1 heterocycles. The molecule has 0 saturated heterocycles. The fraction of sp³-hybridized carbons (Fsp3) is 0.737. The molecule has 172 valence electrons. The fourth-order valence-electron chi connectivity index (χ4n) is 2.20. The summed E-state index contributed by atoms with van der Waals surface area (Å²) in [6.07, 6.45) is 3.27. The molecule has 30 heavy (non-hydrogen) atoms. The van der Waals surface area contributed by atoms with Gasteiger partial charge < -0.3 is 30.3 Å². The van der Waals surface area contributed by atoms with Crippen LogP contribution in [-0.4, -0.2) is 71.7 Å². The molecule has 1 rings (SSSR count). The highest BCUT2D eigenvalue weighted by molar-refractivity contribution is 8.82. The Morgan fingerprint density at radius 3 is 2.70 bits per heavy atom. The minimum atomic E-state index is -1.35. The molecule has 0 aromatic carbocycles. The maximum absolute atomic E-state index is 11.8. The molecule has 9 nitrogen and oxygen atoms in total. The summed E-state index contributed by atoms with van der Waals surface area (Å²) in [5, 5.41) is 25.4. The predicted octanol–water partition coefficient (Wildman–Crippen LogP) is 2.05. The number of hydrogen-bond donors (Lipinski definition) is 4. The van der Waals surface area contributed by atoms with E-state index in [-0.39, 0.29) is 37.5 Å². The van der Waals surface area contributed by atoms with Crippen LogP contribution in [0, 0.1) is 5.41 Å². The molecular weight excluding hydrogens is 430 g/mol. The number of carbonyl (C=O) groups is 2. The van der Waals surface area contributed by atoms with Crippen LogP contribution >= 0.6 is 21.6 Å². The first-order valence-electron chi connectivity index (χ1n) is 9.85. The second kappa shape index (κ2) is 14.7. The Balaban J connectivity index is 2.05. The number of hydrogen-bond acceptors (Lipinski definition) is 9. The second-order valence-electron chi connectivity index (χ2n) is 7.60. The van der Waals surface area contributed by atoms with Gasteiger partial charge in [0.1, 0.15) is 6.61 Å². The van der Waals surface area contributed by atoms with Crippen molar-refractivity contribution in [2.45, 2.75) is 52.4 Å².